The van der Waals surface area contributed by atoms with Crippen molar-refractivity contribution < 1.29 is 0 Å². The van der Waals surface area contributed by atoms with Gasteiger partial charge in [0.1, 0.15) is 0 Å². The zero-order chi connectivity index (χ0) is 8.55. The monoisotopic (exact) mass is 165 g/mol. The third-order valence-electron chi connectivity index (χ3n) is 2.42. The van der Waals surface area contributed by atoms with Gasteiger partial charge in [-0.1, -0.05) is 0 Å². The summed E-state index contributed by atoms with van der Waals surface area (Å²) in [5.74, 6) is 0.748. The minimum absolute atomic E-state index is 0.748. The molecular weight excluding hydrogens is 150 g/mol. The molecule has 0 bridgehead atoms. The highest BCUT2D eigenvalue weighted by Crippen LogP contribution is 2.40. The molecule has 2 rings (SSSR count). The van der Waals surface area contributed by atoms with E-state index in [4.69, 9.17) is 0 Å². The Labute approximate surface area is 72.6 Å². The van der Waals surface area contributed by atoms with Gasteiger partial charge in [0, 0.05) is 23.7 Å². The molecule has 12 heavy (non-hydrogen) atoms. The maximum Gasteiger partial charge on any atom is 0.0700 e. The third-order valence-corrected chi connectivity index (χ3v) is 2.42. The van der Waals surface area contributed by atoms with Crippen molar-refractivity contribution in [2.24, 2.45) is 0 Å². The first-order valence-corrected chi connectivity index (χ1v) is 4.51. The molecule has 3 nitrogen and oxygen atoms in total. The van der Waals surface area contributed by atoms with Gasteiger partial charge in [-0.2, -0.15) is 5.10 Å². The van der Waals surface area contributed by atoms with Gasteiger partial charge in [-0.3, -0.25) is 5.10 Å². The highest BCUT2D eigenvalue weighted by atomic mass is 15.1. The average molecular weight is 165 g/mol. The Morgan fingerprint density at radius 1 is 1.58 bits per heavy atom. The van der Waals surface area contributed by atoms with E-state index >= 15 is 0 Å². The summed E-state index contributed by atoms with van der Waals surface area (Å²) in [6, 6.07) is 0. The van der Waals surface area contributed by atoms with Crippen molar-refractivity contribution in [3.63, 3.8) is 0 Å². The van der Waals surface area contributed by atoms with Crippen molar-refractivity contribution in [2.75, 3.05) is 7.05 Å². The smallest absolute Gasteiger partial charge is 0.0700 e. The molecule has 3 heteroatoms. The standard InChI is InChI=1S/C9H15N3/c1-6-8(5-10-2)9(12-11-6)7-3-4-7/h7,10H,3-5H2,1-2H3,(H,11,12). The van der Waals surface area contributed by atoms with Gasteiger partial charge in [-0.15, -0.1) is 0 Å². The topological polar surface area (TPSA) is 40.7 Å². The Morgan fingerprint density at radius 3 is 2.92 bits per heavy atom. The number of hydrogen-bond donors (Lipinski definition) is 2. The average Bonchev–Trinajstić information content (AvgIpc) is 2.82. The van der Waals surface area contributed by atoms with Crippen molar-refractivity contribution in [1.82, 2.24) is 15.5 Å². The van der Waals surface area contributed by atoms with Crippen LogP contribution in [-0.4, -0.2) is 17.2 Å². The highest BCUT2D eigenvalue weighted by Gasteiger charge is 2.28. The zero-order valence-corrected chi connectivity index (χ0v) is 7.65. The number of H-pyrrole nitrogens is 1. The molecule has 1 aromatic rings. The van der Waals surface area contributed by atoms with Crippen LogP contribution in [0.25, 0.3) is 0 Å². The second kappa shape index (κ2) is 2.90. The third kappa shape index (κ3) is 1.25. The van der Waals surface area contributed by atoms with E-state index in [0.717, 1.165) is 12.5 Å². The Hall–Kier alpha value is -0.830. The van der Waals surface area contributed by atoms with Gasteiger partial charge in [-0.05, 0) is 26.8 Å². The van der Waals surface area contributed by atoms with E-state index in [2.05, 4.69) is 22.4 Å². The summed E-state index contributed by atoms with van der Waals surface area (Å²) in [5.41, 5.74) is 3.88. The van der Waals surface area contributed by atoms with Crippen LogP contribution in [0.3, 0.4) is 0 Å². The summed E-state index contributed by atoms with van der Waals surface area (Å²) in [6.07, 6.45) is 2.64. The molecule has 2 N–H and O–H groups in total. The number of aromatic amines is 1. The lowest BCUT2D eigenvalue weighted by Gasteiger charge is -2.00. The predicted octanol–water partition coefficient (Wildman–Crippen LogP) is 1.31. The van der Waals surface area contributed by atoms with Gasteiger partial charge in [0.05, 0.1) is 5.69 Å². The van der Waals surface area contributed by atoms with Crippen molar-refractivity contribution in [2.45, 2.75) is 32.2 Å². The first-order valence-electron chi connectivity index (χ1n) is 4.51. The zero-order valence-electron chi connectivity index (χ0n) is 7.65. The first-order chi connectivity index (χ1) is 5.83. The summed E-state index contributed by atoms with van der Waals surface area (Å²) in [6.45, 7) is 3.03. The van der Waals surface area contributed by atoms with Crippen molar-refractivity contribution in [3.05, 3.63) is 17.0 Å². The van der Waals surface area contributed by atoms with E-state index in [1.54, 1.807) is 0 Å². The molecule has 0 aliphatic heterocycles. The van der Waals surface area contributed by atoms with Crippen LogP contribution >= 0.6 is 0 Å². The Morgan fingerprint density at radius 2 is 2.33 bits per heavy atom. The number of aromatic nitrogens is 2. The molecule has 1 saturated carbocycles. The fourth-order valence-corrected chi connectivity index (χ4v) is 1.57. The van der Waals surface area contributed by atoms with Crippen LogP contribution in [0.2, 0.25) is 0 Å². The molecule has 0 saturated heterocycles. The van der Waals surface area contributed by atoms with Crippen molar-refractivity contribution in [1.29, 1.82) is 0 Å². The number of nitrogens with zero attached hydrogens (tertiary/aromatic N) is 1. The lowest BCUT2D eigenvalue weighted by atomic mass is 10.1. The van der Waals surface area contributed by atoms with Crippen LogP contribution in [0, 0.1) is 6.92 Å². The van der Waals surface area contributed by atoms with Crippen molar-refractivity contribution in [3.8, 4) is 0 Å². The molecule has 1 heterocycles. The molecule has 0 unspecified atom stereocenters. The first kappa shape index (κ1) is 7.80. The van der Waals surface area contributed by atoms with E-state index in [0.29, 0.717) is 0 Å². The molecule has 66 valence electrons. The molecule has 0 atom stereocenters. The molecule has 1 aliphatic carbocycles. The minimum atomic E-state index is 0.748. The molecule has 0 spiro atoms. The quantitative estimate of drug-likeness (QED) is 0.709. The number of nitrogens with one attached hydrogen (secondary N) is 2. The number of aryl methyl sites for hydroxylation is 1. The lowest BCUT2D eigenvalue weighted by Crippen LogP contribution is -2.07. The van der Waals surface area contributed by atoms with Gasteiger partial charge in [0.2, 0.25) is 0 Å². The summed E-state index contributed by atoms with van der Waals surface area (Å²) in [5, 5.41) is 10.6. The van der Waals surface area contributed by atoms with Gasteiger partial charge in [0.15, 0.2) is 0 Å². The van der Waals surface area contributed by atoms with Gasteiger partial charge in [0.25, 0.3) is 0 Å². The van der Waals surface area contributed by atoms with E-state index in [1.807, 2.05) is 7.05 Å². The second-order valence-corrected chi connectivity index (χ2v) is 3.52. The highest BCUT2D eigenvalue weighted by molar-refractivity contribution is 5.29. The van der Waals surface area contributed by atoms with Gasteiger partial charge in [-0.25, -0.2) is 0 Å². The van der Waals surface area contributed by atoms with Crippen LogP contribution in [0.4, 0.5) is 0 Å². The SMILES string of the molecule is CNCc1c(C2CC2)n[nH]c1C. The largest absolute Gasteiger partial charge is 0.316 e. The fraction of sp³-hybridized carbons (Fsp3) is 0.667. The van der Waals surface area contributed by atoms with Crippen LogP contribution < -0.4 is 5.32 Å². The molecular formula is C9H15N3. The Bertz CT molecular complexity index is 273. The van der Waals surface area contributed by atoms with Crippen LogP contribution in [0.1, 0.15) is 35.7 Å². The Kier molecular flexibility index (Phi) is 1.89. The molecule has 0 aromatic carbocycles. The van der Waals surface area contributed by atoms with Gasteiger partial charge < -0.3 is 5.32 Å². The maximum absolute atomic E-state index is 4.33. The Balaban J connectivity index is 2.26. The maximum atomic E-state index is 4.33. The van der Waals surface area contributed by atoms with E-state index in [1.165, 1.54) is 29.8 Å². The second-order valence-electron chi connectivity index (χ2n) is 3.52. The molecule has 1 aromatic heterocycles. The molecule has 1 aliphatic rings. The summed E-state index contributed by atoms with van der Waals surface area (Å²) < 4.78 is 0. The minimum Gasteiger partial charge on any atom is -0.316 e. The predicted molar refractivity (Wildman–Crippen MR) is 48.1 cm³/mol. The van der Waals surface area contributed by atoms with Crippen LogP contribution in [0.5, 0.6) is 0 Å². The van der Waals surface area contributed by atoms with Crippen molar-refractivity contribution >= 4 is 0 Å². The summed E-state index contributed by atoms with van der Waals surface area (Å²) in [7, 11) is 1.98. The normalized spacial score (nSPS) is 16.8. The van der Waals surface area contributed by atoms with Crippen LogP contribution in [-0.2, 0) is 6.54 Å². The van der Waals surface area contributed by atoms with Crippen LogP contribution in [0.15, 0.2) is 0 Å². The number of rotatable bonds is 3. The summed E-state index contributed by atoms with van der Waals surface area (Å²) >= 11 is 0. The summed E-state index contributed by atoms with van der Waals surface area (Å²) in [4.78, 5) is 0. The molecule has 0 amide bonds. The molecule has 1 fully saturated rings. The molecule has 0 radical (unpaired) electrons. The van der Waals surface area contributed by atoms with E-state index in [-0.39, 0.29) is 0 Å². The van der Waals surface area contributed by atoms with Gasteiger partial charge >= 0.3 is 0 Å². The van der Waals surface area contributed by atoms with E-state index < -0.39 is 0 Å². The fourth-order valence-electron chi connectivity index (χ4n) is 1.57. The lowest BCUT2D eigenvalue weighted by molar-refractivity contribution is 0.798. The number of hydrogen-bond acceptors (Lipinski definition) is 2. The van der Waals surface area contributed by atoms with E-state index in [9.17, 15) is 0 Å².